The van der Waals surface area contributed by atoms with Crippen LogP contribution >= 0.6 is 11.8 Å². The Hall–Kier alpha value is -2.65. The van der Waals surface area contributed by atoms with Crippen molar-refractivity contribution in [2.45, 2.75) is 49.5 Å². The number of hydrogen-bond donors (Lipinski definition) is 0. The topological polar surface area (TPSA) is 84.9 Å². The van der Waals surface area contributed by atoms with E-state index in [1.807, 2.05) is 41.8 Å². The summed E-state index contributed by atoms with van der Waals surface area (Å²) < 4.78 is 10.5. The number of carbonyl (C=O) groups excluding carboxylic acids is 2. The van der Waals surface area contributed by atoms with Crippen molar-refractivity contribution in [1.29, 1.82) is 0 Å². The van der Waals surface area contributed by atoms with Crippen LogP contribution in [0, 0.1) is 11.8 Å². The molecule has 34 heavy (non-hydrogen) atoms. The number of esters is 1. The van der Waals surface area contributed by atoms with E-state index in [2.05, 4.69) is 9.97 Å². The van der Waals surface area contributed by atoms with Gasteiger partial charge in [-0.25, -0.2) is 9.97 Å². The van der Waals surface area contributed by atoms with Crippen molar-refractivity contribution in [3.05, 3.63) is 36.2 Å². The van der Waals surface area contributed by atoms with Gasteiger partial charge in [0.05, 0.1) is 18.2 Å². The molecule has 0 spiro atoms. The molecule has 1 amide bonds. The second-order valence-corrected chi connectivity index (χ2v) is 9.81. The maximum absolute atomic E-state index is 13.3. The first kappa shape index (κ1) is 24.5. The number of carbonyl (C=O) groups is 2. The Kier molecular flexibility index (Phi) is 8.05. The largest absolute Gasteiger partial charge is 0.466 e. The van der Waals surface area contributed by atoms with E-state index in [1.54, 1.807) is 31.3 Å². The monoisotopic (exact) mass is 484 g/mol. The molecule has 1 unspecified atom stereocenters. The fraction of sp³-hybridized carbons (Fsp3) is 0.520. The molecule has 4 rings (SSSR count). The summed E-state index contributed by atoms with van der Waals surface area (Å²) in [7, 11) is 1.64. The number of anilines is 2. The van der Waals surface area contributed by atoms with Gasteiger partial charge >= 0.3 is 5.97 Å². The second-order valence-electron chi connectivity index (χ2n) is 8.78. The van der Waals surface area contributed by atoms with Gasteiger partial charge in [-0.15, -0.1) is 0 Å². The van der Waals surface area contributed by atoms with Crippen LogP contribution in [-0.2, 0) is 14.3 Å². The molecule has 182 valence electrons. The number of aromatic nitrogens is 2. The van der Waals surface area contributed by atoms with Crippen LogP contribution in [0.25, 0.3) is 0 Å². The number of methoxy groups -OCH3 is 1. The highest BCUT2D eigenvalue weighted by Gasteiger charge is 2.29. The molecule has 9 heteroatoms. The standard InChI is InChI=1S/C25H32N4O4S/c1-4-33-25(31)17(2)5-6-18-9-13-28(14-10-18)24(30)19-7-8-21-20(15-19)29(16-32-3)22-23(34-21)27-12-11-26-22/h7-8,11-12,15,17-18H,4-6,9-10,13-14,16H2,1-3H3. The summed E-state index contributed by atoms with van der Waals surface area (Å²) in [5.41, 5.74) is 1.58. The summed E-state index contributed by atoms with van der Waals surface area (Å²) in [5.74, 6) is 1.14. The molecule has 2 aliphatic heterocycles. The van der Waals surface area contributed by atoms with E-state index in [1.165, 1.54) is 0 Å². The molecule has 0 saturated carbocycles. The molecule has 1 aromatic carbocycles. The van der Waals surface area contributed by atoms with Crippen molar-refractivity contribution in [3.63, 3.8) is 0 Å². The fourth-order valence-electron chi connectivity index (χ4n) is 4.50. The molecule has 1 saturated heterocycles. The average molecular weight is 485 g/mol. The van der Waals surface area contributed by atoms with Gasteiger partial charge in [-0.2, -0.15) is 0 Å². The Morgan fingerprint density at radius 1 is 1.21 bits per heavy atom. The Labute approximate surface area is 205 Å². The van der Waals surface area contributed by atoms with Crippen molar-refractivity contribution in [2.24, 2.45) is 11.8 Å². The number of amides is 1. The second kappa shape index (κ2) is 11.2. The molecule has 1 aromatic heterocycles. The molecular formula is C25H32N4O4S. The normalized spacial score (nSPS) is 16.6. The van der Waals surface area contributed by atoms with E-state index < -0.39 is 0 Å². The van der Waals surface area contributed by atoms with Gasteiger partial charge in [0.1, 0.15) is 11.8 Å². The van der Waals surface area contributed by atoms with E-state index in [0.29, 0.717) is 24.8 Å². The van der Waals surface area contributed by atoms with Crippen LogP contribution in [0.5, 0.6) is 0 Å². The van der Waals surface area contributed by atoms with Gasteiger partial charge in [0.15, 0.2) is 5.82 Å². The van der Waals surface area contributed by atoms with Crippen LogP contribution in [0.3, 0.4) is 0 Å². The molecule has 0 radical (unpaired) electrons. The first-order valence-electron chi connectivity index (χ1n) is 11.9. The van der Waals surface area contributed by atoms with Gasteiger partial charge in [0.2, 0.25) is 0 Å². The average Bonchev–Trinajstić information content (AvgIpc) is 2.87. The lowest BCUT2D eigenvalue weighted by molar-refractivity contribution is -0.147. The number of ether oxygens (including phenoxy) is 2. The molecule has 0 bridgehead atoms. The van der Waals surface area contributed by atoms with Gasteiger partial charge in [0.25, 0.3) is 5.91 Å². The maximum atomic E-state index is 13.3. The number of nitrogens with zero attached hydrogens (tertiary/aromatic N) is 4. The minimum Gasteiger partial charge on any atom is -0.466 e. The Balaban J connectivity index is 1.38. The highest BCUT2D eigenvalue weighted by atomic mass is 32.2. The number of piperidine rings is 1. The van der Waals surface area contributed by atoms with Gasteiger partial charge < -0.3 is 14.4 Å². The van der Waals surface area contributed by atoms with Crippen molar-refractivity contribution < 1.29 is 19.1 Å². The summed E-state index contributed by atoms with van der Waals surface area (Å²) in [6.45, 7) is 5.99. The number of likely N-dealkylation sites (tertiary alicyclic amines) is 1. The summed E-state index contributed by atoms with van der Waals surface area (Å²) in [6, 6.07) is 5.82. The van der Waals surface area contributed by atoms with Gasteiger partial charge in [0, 0.05) is 43.1 Å². The van der Waals surface area contributed by atoms with E-state index in [4.69, 9.17) is 9.47 Å². The third kappa shape index (κ3) is 5.36. The van der Waals surface area contributed by atoms with E-state index in [-0.39, 0.29) is 17.8 Å². The van der Waals surface area contributed by atoms with Crippen LogP contribution in [0.4, 0.5) is 11.5 Å². The van der Waals surface area contributed by atoms with E-state index >= 15 is 0 Å². The van der Waals surface area contributed by atoms with Crippen LogP contribution < -0.4 is 4.90 Å². The Morgan fingerprint density at radius 3 is 2.71 bits per heavy atom. The third-order valence-corrected chi connectivity index (χ3v) is 7.51. The maximum Gasteiger partial charge on any atom is 0.308 e. The smallest absolute Gasteiger partial charge is 0.308 e. The summed E-state index contributed by atoms with van der Waals surface area (Å²) in [4.78, 5) is 39.0. The predicted molar refractivity (Wildman–Crippen MR) is 130 cm³/mol. The summed E-state index contributed by atoms with van der Waals surface area (Å²) in [5, 5.41) is 0.825. The highest BCUT2D eigenvalue weighted by molar-refractivity contribution is 7.99. The van der Waals surface area contributed by atoms with Crippen LogP contribution in [0.15, 0.2) is 40.5 Å². The molecule has 2 aliphatic rings. The zero-order chi connectivity index (χ0) is 24.1. The zero-order valence-corrected chi connectivity index (χ0v) is 20.8. The molecule has 1 atom stereocenters. The van der Waals surface area contributed by atoms with Crippen LogP contribution in [0.2, 0.25) is 0 Å². The lowest BCUT2D eigenvalue weighted by Crippen LogP contribution is -2.38. The lowest BCUT2D eigenvalue weighted by atomic mass is 9.89. The Bertz CT molecular complexity index is 1030. The first-order chi connectivity index (χ1) is 16.5. The fourth-order valence-corrected chi connectivity index (χ4v) is 5.48. The van der Waals surface area contributed by atoms with E-state index in [9.17, 15) is 9.59 Å². The van der Waals surface area contributed by atoms with Crippen molar-refractivity contribution in [1.82, 2.24) is 14.9 Å². The molecule has 8 nitrogen and oxygen atoms in total. The zero-order valence-electron chi connectivity index (χ0n) is 20.0. The first-order valence-corrected chi connectivity index (χ1v) is 12.7. The van der Waals surface area contributed by atoms with Gasteiger partial charge in [-0.05, 0) is 56.7 Å². The van der Waals surface area contributed by atoms with Gasteiger partial charge in [-0.3, -0.25) is 14.5 Å². The SMILES string of the molecule is CCOC(=O)C(C)CCC1CCN(C(=O)c2ccc3c(c2)N(COC)c2nccnc2S3)CC1. The van der Waals surface area contributed by atoms with Crippen molar-refractivity contribution >= 4 is 35.1 Å². The number of hydrogen-bond acceptors (Lipinski definition) is 8. The number of rotatable bonds is 8. The van der Waals surface area contributed by atoms with Crippen molar-refractivity contribution in [3.8, 4) is 0 Å². The molecule has 0 N–H and O–H groups in total. The van der Waals surface area contributed by atoms with Crippen LogP contribution in [0.1, 0.15) is 49.9 Å². The molecule has 3 heterocycles. The Morgan fingerprint density at radius 2 is 1.97 bits per heavy atom. The van der Waals surface area contributed by atoms with Crippen molar-refractivity contribution in [2.75, 3.05) is 38.4 Å². The van der Waals surface area contributed by atoms with Crippen LogP contribution in [-0.4, -0.2) is 60.3 Å². The number of fused-ring (bicyclic) bond motifs is 2. The summed E-state index contributed by atoms with van der Waals surface area (Å²) in [6.07, 6.45) is 7.09. The minimum absolute atomic E-state index is 0.0495. The van der Waals surface area contributed by atoms with Gasteiger partial charge in [-0.1, -0.05) is 18.7 Å². The number of benzene rings is 1. The molecule has 2 aromatic rings. The quantitative estimate of drug-likeness (QED) is 0.506. The summed E-state index contributed by atoms with van der Waals surface area (Å²) >= 11 is 1.55. The van der Waals surface area contributed by atoms with E-state index in [0.717, 1.165) is 60.2 Å². The third-order valence-electron chi connectivity index (χ3n) is 6.46. The molecule has 0 aliphatic carbocycles. The highest BCUT2D eigenvalue weighted by Crippen LogP contribution is 2.46. The predicted octanol–water partition coefficient (Wildman–Crippen LogP) is 4.51. The lowest BCUT2D eigenvalue weighted by Gasteiger charge is -2.33. The molecular weight excluding hydrogens is 452 g/mol. The molecule has 1 fully saturated rings. The minimum atomic E-state index is -0.114.